The molecular weight excluding hydrogens is 347 g/mol. The van der Waals surface area contributed by atoms with Gasteiger partial charge in [-0.25, -0.2) is 4.39 Å². The van der Waals surface area contributed by atoms with Crippen molar-refractivity contribution in [3.8, 4) is 0 Å². The zero-order valence-electron chi connectivity index (χ0n) is 13.5. The summed E-state index contributed by atoms with van der Waals surface area (Å²) in [6.45, 7) is 3.40. The molecule has 1 heterocycles. The zero-order valence-corrected chi connectivity index (χ0v) is 15.1. The van der Waals surface area contributed by atoms with Gasteiger partial charge in [-0.3, -0.25) is 4.79 Å². The highest BCUT2D eigenvalue weighted by Crippen LogP contribution is 2.43. The van der Waals surface area contributed by atoms with Gasteiger partial charge in [0.1, 0.15) is 11.6 Å². The fraction of sp³-hybridized carbons (Fsp3) is 0.211. The molecule has 0 amide bonds. The molecule has 5 heteroatoms. The number of halogens is 2. The minimum atomic E-state index is -1.02. The van der Waals surface area contributed by atoms with Crippen LogP contribution in [0, 0.1) is 5.82 Å². The Labute approximate surface area is 149 Å². The van der Waals surface area contributed by atoms with E-state index in [2.05, 4.69) is 0 Å². The van der Waals surface area contributed by atoms with Crippen LogP contribution in [0.3, 0.4) is 0 Å². The van der Waals surface area contributed by atoms with Crippen LogP contribution in [0.4, 0.5) is 4.39 Å². The zero-order chi connectivity index (χ0) is 17.5. The molecule has 0 saturated carbocycles. The van der Waals surface area contributed by atoms with Gasteiger partial charge in [-0.05, 0) is 44.4 Å². The SMILES string of the molecule is CSc1ccc(C2=C(c3ccccc3Cl)C(=O)C(C)(C)O2)cc1F. The molecule has 0 unspecified atom stereocenters. The fourth-order valence-corrected chi connectivity index (χ4v) is 3.36. The van der Waals surface area contributed by atoms with E-state index in [0.717, 1.165) is 0 Å². The second-order valence-corrected chi connectivity index (χ2v) is 7.23. The van der Waals surface area contributed by atoms with Crippen LogP contribution in [0.1, 0.15) is 25.0 Å². The highest BCUT2D eigenvalue weighted by atomic mass is 35.5. The highest BCUT2D eigenvalue weighted by Gasteiger charge is 2.43. The Hall–Kier alpha value is -1.78. The lowest BCUT2D eigenvalue weighted by atomic mass is 9.92. The lowest BCUT2D eigenvalue weighted by Gasteiger charge is -2.18. The number of benzene rings is 2. The molecule has 2 nitrogen and oxygen atoms in total. The fourth-order valence-electron chi connectivity index (χ4n) is 2.68. The van der Waals surface area contributed by atoms with Gasteiger partial charge < -0.3 is 4.74 Å². The third kappa shape index (κ3) is 2.85. The average Bonchev–Trinajstić information content (AvgIpc) is 2.78. The van der Waals surface area contributed by atoms with Crippen molar-refractivity contribution in [2.24, 2.45) is 0 Å². The number of ketones is 1. The summed E-state index contributed by atoms with van der Waals surface area (Å²) in [7, 11) is 0. The molecule has 0 fully saturated rings. The Bertz CT molecular complexity index is 858. The van der Waals surface area contributed by atoms with E-state index in [1.807, 2.05) is 12.3 Å². The Kier molecular flexibility index (Phi) is 4.45. The van der Waals surface area contributed by atoms with Gasteiger partial charge in [0.25, 0.3) is 0 Å². The molecule has 2 aromatic rings. The molecule has 0 atom stereocenters. The lowest BCUT2D eigenvalue weighted by Crippen LogP contribution is -2.29. The summed E-state index contributed by atoms with van der Waals surface area (Å²) in [5, 5.41) is 0.459. The van der Waals surface area contributed by atoms with E-state index in [1.165, 1.54) is 17.8 Å². The summed E-state index contributed by atoms with van der Waals surface area (Å²) in [5.41, 5.74) is 0.499. The normalized spacial score (nSPS) is 16.5. The number of rotatable bonds is 3. The molecule has 124 valence electrons. The molecule has 1 aliphatic heterocycles. The monoisotopic (exact) mass is 362 g/mol. The second-order valence-electron chi connectivity index (χ2n) is 5.97. The van der Waals surface area contributed by atoms with E-state index in [-0.39, 0.29) is 11.6 Å². The minimum absolute atomic E-state index is 0.167. The highest BCUT2D eigenvalue weighted by molar-refractivity contribution is 7.98. The second kappa shape index (κ2) is 6.26. The molecule has 0 radical (unpaired) electrons. The van der Waals surface area contributed by atoms with Crippen molar-refractivity contribution in [1.82, 2.24) is 0 Å². The van der Waals surface area contributed by atoms with Crippen LogP contribution in [-0.4, -0.2) is 17.6 Å². The van der Waals surface area contributed by atoms with Crippen molar-refractivity contribution in [2.75, 3.05) is 6.26 Å². The van der Waals surface area contributed by atoms with Gasteiger partial charge in [-0.2, -0.15) is 0 Å². The maximum atomic E-state index is 14.2. The van der Waals surface area contributed by atoms with Crippen molar-refractivity contribution < 1.29 is 13.9 Å². The molecule has 0 saturated heterocycles. The van der Waals surface area contributed by atoms with Gasteiger partial charge >= 0.3 is 0 Å². The van der Waals surface area contributed by atoms with Crippen molar-refractivity contribution >= 4 is 40.5 Å². The molecule has 0 aliphatic carbocycles. The van der Waals surface area contributed by atoms with Gasteiger partial charge in [-0.15, -0.1) is 11.8 Å². The predicted molar refractivity (Wildman–Crippen MR) is 96.6 cm³/mol. The van der Waals surface area contributed by atoms with Crippen molar-refractivity contribution in [1.29, 1.82) is 0 Å². The molecular formula is C19H16ClFO2S. The molecule has 0 N–H and O–H groups in total. The van der Waals surface area contributed by atoms with Gasteiger partial charge in [0.2, 0.25) is 5.78 Å². The van der Waals surface area contributed by atoms with Crippen molar-refractivity contribution in [3.63, 3.8) is 0 Å². The summed E-state index contributed by atoms with van der Waals surface area (Å²) in [6, 6.07) is 11.9. The molecule has 0 bridgehead atoms. The smallest absolute Gasteiger partial charge is 0.210 e. The van der Waals surface area contributed by atoms with E-state index in [1.54, 1.807) is 44.2 Å². The van der Waals surface area contributed by atoms with Crippen LogP contribution >= 0.6 is 23.4 Å². The molecule has 0 spiro atoms. The van der Waals surface area contributed by atoms with E-state index in [4.69, 9.17) is 16.3 Å². The van der Waals surface area contributed by atoms with Crippen LogP contribution in [0.5, 0.6) is 0 Å². The van der Waals surface area contributed by atoms with Crippen molar-refractivity contribution in [3.05, 3.63) is 64.4 Å². The lowest BCUT2D eigenvalue weighted by molar-refractivity contribution is -0.125. The Morgan fingerprint density at radius 3 is 2.50 bits per heavy atom. The summed E-state index contributed by atoms with van der Waals surface area (Å²) in [6.07, 6.45) is 1.81. The Balaban J connectivity index is 2.22. The number of hydrogen-bond acceptors (Lipinski definition) is 3. The number of hydrogen-bond donors (Lipinski definition) is 0. The van der Waals surface area contributed by atoms with E-state index >= 15 is 0 Å². The van der Waals surface area contributed by atoms with Gasteiger partial charge in [0.15, 0.2) is 5.60 Å². The molecule has 0 aromatic heterocycles. The third-order valence-electron chi connectivity index (χ3n) is 3.92. The van der Waals surface area contributed by atoms with Crippen LogP contribution < -0.4 is 0 Å². The van der Waals surface area contributed by atoms with Crippen LogP contribution in [0.2, 0.25) is 5.02 Å². The maximum Gasteiger partial charge on any atom is 0.210 e. The predicted octanol–water partition coefficient (Wildman–Crippen LogP) is 5.45. The van der Waals surface area contributed by atoms with Crippen LogP contribution in [-0.2, 0) is 9.53 Å². The molecule has 24 heavy (non-hydrogen) atoms. The molecule has 1 aliphatic rings. The van der Waals surface area contributed by atoms with Gasteiger partial charge in [0, 0.05) is 21.0 Å². The molecule has 2 aromatic carbocycles. The van der Waals surface area contributed by atoms with E-state index in [9.17, 15) is 9.18 Å². The number of carbonyl (C=O) groups excluding carboxylic acids is 1. The van der Waals surface area contributed by atoms with E-state index in [0.29, 0.717) is 32.4 Å². The standard InChI is InChI=1S/C19H16ClFO2S/c1-19(2)18(22)16(12-6-4-5-7-13(12)20)17(23-19)11-8-9-15(24-3)14(21)10-11/h4-10H,1-3H3. The summed E-state index contributed by atoms with van der Waals surface area (Å²) in [5.74, 6) is -0.142. The first-order chi connectivity index (χ1) is 11.3. The largest absolute Gasteiger partial charge is 0.478 e. The first-order valence-electron chi connectivity index (χ1n) is 7.42. The van der Waals surface area contributed by atoms with Crippen molar-refractivity contribution in [2.45, 2.75) is 24.3 Å². The summed E-state index contributed by atoms with van der Waals surface area (Å²) >= 11 is 7.60. The Morgan fingerprint density at radius 2 is 1.88 bits per heavy atom. The summed E-state index contributed by atoms with van der Waals surface area (Å²) in [4.78, 5) is 13.4. The first kappa shape index (κ1) is 17.1. The van der Waals surface area contributed by atoms with Gasteiger partial charge in [-0.1, -0.05) is 29.8 Å². The topological polar surface area (TPSA) is 26.3 Å². The Morgan fingerprint density at radius 1 is 1.17 bits per heavy atom. The maximum absolute atomic E-state index is 14.2. The minimum Gasteiger partial charge on any atom is -0.478 e. The number of thioether (sulfide) groups is 1. The average molecular weight is 363 g/mol. The number of carbonyl (C=O) groups is 1. The van der Waals surface area contributed by atoms with Crippen LogP contribution in [0.15, 0.2) is 47.4 Å². The number of Topliss-reactive ketones (excluding diaryl/α,β-unsaturated/α-hetero) is 1. The van der Waals surface area contributed by atoms with Crippen LogP contribution in [0.25, 0.3) is 11.3 Å². The van der Waals surface area contributed by atoms with Gasteiger partial charge in [0.05, 0.1) is 5.57 Å². The first-order valence-corrected chi connectivity index (χ1v) is 9.02. The number of ether oxygens (including phenoxy) is 1. The third-order valence-corrected chi connectivity index (χ3v) is 5.02. The summed E-state index contributed by atoms with van der Waals surface area (Å²) < 4.78 is 20.1. The quantitative estimate of drug-likeness (QED) is 0.679. The molecule has 3 rings (SSSR count). The van der Waals surface area contributed by atoms with E-state index < -0.39 is 5.60 Å².